The predicted molar refractivity (Wildman–Crippen MR) is 80.8 cm³/mol. The summed E-state index contributed by atoms with van der Waals surface area (Å²) in [4.78, 5) is 12.1. The van der Waals surface area contributed by atoms with E-state index in [-0.39, 0.29) is 11.9 Å². The van der Waals surface area contributed by atoms with Gasteiger partial charge in [-0.3, -0.25) is 4.79 Å². The molecule has 4 heteroatoms. The molecule has 0 fully saturated rings. The SMILES string of the molecule is C=CCCOCCNC1CCc2ccccc2NC1=O. The normalized spacial score (nSPS) is 18.0. The highest BCUT2D eigenvalue weighted by molar-refractivity contribution is 5.96. The zero-order valence-electron chi connectivity index (χ0n) is 11.7. The van der Waals surface area contributed by atoms with Crippen molar-refractivity contribution in [2.75, 3.05) is 25.1 Å². The summed E-state index contributed by atoms with van der Waals surface area (Å²) in [5.41, 5.74) is 2.14. The van der Waals surface area contributed by atoms with Gasteiger partial charge in [-0.2, -0.15) is 0 Å². The summed E-state index contributed by atoms with van der Waals surface area (Å²) < 4.78 is 5.43. The van der Waals surface area contributed by atoms with Crippen molar-refractivity contribution >= 4 is 11.6 Å². The molecule has 0 saturated carbocycles. The Morgan fingerprint density at radius 2 is 2.25 bits per heavy atom. The number of nitrogens with one attached hydrogen (secondary N) is 2. The van der Waals surface area contributed by atoms with Crippen LogP contribution in [0.15, 0.2) is 36.9 Å². The summed E-state index contributed by atoms with van der Waals surface area (Å²) in [7, 11) is 0. The molecule has 1 aromatic carbocycles. The highest BCUT2D eigenvalue weighted by Gasteiger charge is 2.22. The molecule has 0 saturated heterocycles. The average Bonchev–Trinajstić information content (AvgIpc) is 2.62. The van der Waals surface area contributed by atoms with Gasteiger partial charge in [-0.15, -0.1) is 6.58 Å². The fraction of sp³-hybridized carbons (Fsp3) is 0.438. The second-order valence-corrected chi connectivity index (χ2v) is 4.88. The second-order valence-electron chi connectivity index (χ2n) is 4.88. The zero-order valence-corrected chi connectivity index (χ0v) is 11.7. The summed E-state index contributed by atoms with van der Waals surface area (Å²) in [6.45, 7) is 5.63. The lowest BCUT2D eigenvalue weighted by Gasteiger charge is -2.15. The highest BCUT2D eigenvalue weighted by Crippen LogP contribution is 2.21. The van der Waals surface area contributed by atoms with Crippen LogP contribution in [0.5, 0.6) is 0 Å². The standard InChI is InChI=1S/C16H22N2O2/c1-2-3-11-20-12-10-17-15-9-8-13-6-4-5-7-14(13)18-16(15)19/h2,4-7,15,17H,1,3,8-12H2,(H,18,19). The molecule has 108 valence electrons. The number of hydrogen-bond donors (Lipinski definition) is 2. The van der Waals surface area contributed by atoms with Gasteiger partial charge in [0.25, 0.3) is 0 Å². The molecule has 1 aliphatic heterocycles. The number of hydrogen-bond acceptors (Lipinski definition) is 3. The molecule has 2 rings (SSSR count). The molecule has 0 aliphatic carbocycles. The van der Waals surface area contributed by atoms with Crippen LogP contribution >= 0.6 is 0 Å². The third-order valence-corrected chi connectivity index (χ3v) is 3.40. The summed E-state index contributed by atoms with van der Waals surface area (Å²) in [5, 5.41) is 6.24. The van der Waals surface area contributed by atoms with Gasteiger partial charge in [-0.1, -0.05) is 24.3 Å². The Bertz CT molecular complexity index is 460. The van der Waals surface area contributed by atoms with Crippen LogP contribution in [0.25, 0.3) is 0 Å². The van der Waals surface area contributed by atoms with Crippen molar-refractivity contribution in [2.45, 2.75) is 25.3 Å². The first-order valence-corrected chi connectivity index (χ1v) is 7.12. The van der Waals surface area contributed by atoms with Crippen LogP contribution in [0, 0.1) is 0 Å². The Morgan fingerprint density at radius 1 is 1.40 bits per heavy atom. The minimum atomic E-state index is -0.148. The molecule has 0 bridgehead atoms. The van der Waals surface area contributed by atoms with Crippen LogP contribution in [0.2, 0.25) is 0 Å². The number of benzene rings is 1. The Hall–Kier alpha value is -1.65. The molecular formula is C16H22N2O2. The van der Waals surface area contributed by atoms with Gasteiger partial charge in [0.1, 0.15) is 0 Å². The van der Waals surface area contributed by atoms with Gasteiger partial charge in [0.2, 0.25) is 5.91 Å². The van der Waals surface area contributed by atoms with E-state index in [1.165, 1.54) is 5.56 Å². The highest BCUT2D eigenvalue weighted by atomic mass is 16.5. The van der Waals surface area contributed by atoms with Crippen LogP contribution in [-0.2, 0) is 16.0 Å². The largest absolute Gasteiger partial charge is 0.380 e. The number of aryl methyl sites for hydroxylation is 1. The first-order valence-electron chi connectivity index (χ1n) is 7.12. The van der Waals surface area contributed by atoms with Crippen molar-refractivity contribution < 1.29 is 9.53 Å². The molecule has 1 aliphatic rings. The van der Waals surface area contributed by atoms with Crippen molar-refractivity contribution in [1.29, 1.82) is 0 Å². The molecule has 2 N–H and O–H groups in total. The lowest BCUT2D eigenvalue weighted by Crippen LogP contribution is -2.41. The molecular weight excluding hydrogens is 252 g/mol. The third kappa shape index (κ3) is 4.18. The molecule has 1 unspecified atom stereocenters. The van der Waals surface area contributed by atoms with Crippen LogP contribution in [0.1, 0.15) is 18.4 Å². The summed E-state index contributed by atoms with van der Waals surface area (Å²) >= 11 is 0. The maximum Gasteiger partial charge on any atom is 0.241 e. The average molecular weight is 274 g/mol. The van der Waals surface area contributed by atoms with E-state index in [2.05, 4.69) is 23.3 Å². The predicted octanol–water partition coefficient (Wildman–Crippen LogP) is 2.12. The van der Waals surface area contributed by atoms with Gasteiger partial charge < -0.3 is 15.4 Å². The second kappa shape index (κ2) is 7.82. The summed E-state index contributed by atoms with van der Waals surface area (Å²) in [5.74, 6) is 0.0426. The van der Waals surface area contributed by atoms with Crippen LogP contribution in [-0.4, -0.2) is 31.7 Å². The van der Waals surface area contributed by atoms with Gasteiger partial charge in [-0.05, 0) is 30.9 Å². The summed E-state index contributed by atoms with van der Waals surface area (Å²) in [6.07, 6.45) is 4.42. The Labute approximate surface area is 120 Å². The smallest absolute Gasteiger partial charge is 0.241 e. The maximum atomic E-state index is 12.1. The van der Waals surface area contributed by atoms with Crippen LogP contribution < -0.4 is 10.6 Å². The van der Waals surface area contributed by atoms with Gasteiger partial charge in [0, 0.05) is 12.2 Å². The number of para-hydroxylation sites is 1. The van der Waals surface area contributed by atoms with Crippen LogP contribution in [0.4, 0.5) is 5.69 Å². The maximum absolute atomic E-state index is 12.1. The molecule has 1 amide bonds. The van der Waals surface area contributed by atoms with E-state index >= 15 is 0 Å². The number of rotatable bonds is 7. The zero-order chi connectivity index (χ0) is 14.2. The van der Waals surface area contributed by atoms with E-state index in [1.54, 1.807) is 0 Å². The van der Waals surface area contributed by atoms with Gasteiger partial charge >= 0.3 is 0 Å². The van der Waals surface area contributed by atoms with Gasteiger partial charge in [0.15, 0.2) is 0 Å². The van der Waals surface area contributed by atoms with Gasteiger partial charge in [-0.25, -0.2) is 0 Å². The van der Waals surface area contributed by atoms with Crippen LogP contribution in [0.3, 0.4) is 0 Å². The molecule has 20 heavy (non-hydrogen) atoms. The fourth-order valence-corrected chi connectivity index (χ4v) is 2.28. The number of amides is 1. The minimum Gasteiger partial charge on any atom is -0.380 e. The Morgan fingerprint density at radius 3 is 3.10 bits per heavy atom. The molecule has 0 aromatic heterocycles. The van der Waals surface area contributed by atoms with Crippen molar-refractivity contribution in [3.05, 3.63) is 42.5 Å². The van der Waals surface area contributed by atoms with E-state index in [1.807, 2.05) is 24.3 Å². The van der Waals surface area contributed by atoms with Crippen molar-refractivity contribution in [2.24, 2.45) is 0 Å². The molecule has 1 aromatic rings. The van der Waals surface area contributed by atoms with Gasteiger partial charge in [0.05, 0.1) is 19.3 Å². The van der Waals surface area contributed by atoms with Crippen molar-refractivity contribution in [1.82, 2.24) is 5.32 Å². The molecule has 1 atom stereocenters. The fourth-order valence-electron chi connectivity index (χ4n) is 2.28. The first-order chi connectivity index (χ1) is 9.81. The topological polar surface area (TPSA) is 50.4 Å². The summed E-state index contributed by atoms with van der Waals surface area (Å²) in [6, 6.07) is 7.82. The molecule has 1 heterocycles. The number of ether oxygens (including phenoxy) is 1. The molecule has 0 radical (unpaired) electrons. The monoisotopic (exact) mass is 274 g/mol. The van der Waals surface area contributed by atoms with E-state index in [0.29, 0.717) is 19.8 Å². The minimum absolute atomic E-state index is 0.0426. The Kier molecular flexibility index (Phi) is 5.77. The lowest BCUT2D eigenvalue weighted by molar-refractivity contribution is -0.118. The number of anilines is 1. The van der Waals surface area contributed by atoms with E-state index in [9.17, 15) is 4.79 Å². The quantitative estimate of drug-likeness (QED) is 0.591. The number of fused-ring (bicyclic) bond motifs is 1. The van der Waals surface area contributed by atoms with Crippen molar-refractivity contribution in [3.8, 4) is 0 Å². The van der Waals surface area contributed by atoms with E-state index in [4.69, 9.17) is 4.74 Å². The first kappa shape index (κ1) is 14.8. The lowest BCUT2D eigenvalue weighted by atomic mass is 10.1. The number of carbonyl (C=O) groups excluding carboxylic acids is 1. The molecule has 0 spiro atoms. The van der Waals surface area contributed by atoms with E-state index < -0.39 is 0 Å². The van der Waals surface area contributed by atoms with E-state index in [0.717, 1.165) is 24.9 Å². The van der Waals surface area contributed by atoms with Crippen molar-refractivity contribution in [3.63, 3.8) is 0 Å². The Balaban J connectivity index is 1.77. The molecule has 4 nitrogen and oxygen atoms in total. The third-order valence-electron chi connectivity index (χ3n) is 3.40. The number of carbonyl (C=O) groups is 1.